The molecule has 1 aliphatic carbocycles. The van der Waals surface area contributed by atoms with Gasteiger partial charge in [-0.25, -0.2) is 8.42 Å². The number of nitrogens with zero attached hydrogens (tertiary/aromatic N) is 1. The molecule has 1 saturated carbocycles. The third kappa shape index (κ3) is 3.93. The third-order valence-electron chi connectivity index (χ3n) is 5.16. The Kier molecular flexibility index (Phi) is 5.41. The maximum absolute atomic E-state index is 13.1. The first-order chi connectivity index (χ1) is 12.8. The molecule has 27 heavy (non-hydrogen) atoms. The lowest BCUT2D eigenvalue weighted by Gasteiger charge is -2.31. The number of carbonyl (C=O) groups is 1. The van der Waals surface area contributed by atoms with Gasteiger partial charge in [0.25, 0.3) is 5.91 Å². The summed E-state index contributed by atoms with van der Waals surface area (Å²) in [7, 11) is -2.13. The molecule has 0 radical (unpaired) electrons. The maximum atomic E-state index is 13.1. The topological polar surface area (TPSA) is 106 Å². The Morgan fingerprint density at radius 2 is 1.56 bits per heavy atom. The van der Waals surface area contributed by atoms with Crippen molar-refractivity contribution in [2.45, 2.75) is 47.9 Å². The molecule has 1 aliphatic rings. The highest BCUT2D eigenvalue weighted by molar-refractivity contribution is 7.91. The molecule has 144 valence electrons. The van der Waals surface area contributed by atoms with Crippen LogP contribution in [0.5, 0.6) is 0 Å². The molecule has 6 nitrogen and oxygen atoms in total. The first kappa shape index (κ1) is 19.2. The van der Waals surface area contributed by atoms with Crippen LogP contribution in [0, 0.1) is 0 Å². The molecule has 2 aromatic rings. The minimum Gasteiger partial charge on any atom is -0.399 e. The molecule has 0 spiro atoms. The van der Waals surface area contributed by atoms with E-state index in [1.54, 1.807) is 11.9 Å². The number of anilines is 2. The largest absolute Gasteiger partial charge is 0.399 e. The predicted molar refractivity (Wildman–Crippen MR) is 106 cm³/mol. The summed E-state index contributed by atoms with van der Waals surface area (Å²) >= 11 is 0. The van der Waals surface area contributed by atoms with Gasteiger partial charge in [-0.05, 0) is 55.3 Å². The van der Waals surface area contributed by atoms with E-state index in [4.69, 9.17) is 11.5 Å². The van der Waals surface area contributed by atoms with Crippen molar-refractivity contribution in [2.75, 3.05) is 18.5 Å². The number of benzene rings is 2. The highest BCUT2D eigenvalue weighted by Crippen LogP contribution is 2.29. The Bertz CT molecular complexity index is 933. The first-order valence-corrected chi connectivity index (χ1v) is 10.6. The lowest BCUT2D eigenvalue weighted by Crippen LogP contribution is -2.38. The van der Waals surface area contributed by atoms with Crippen LogP contribution in [0.3, 0.4) is 0 Å². The minimum absolute atomic E-state index is 0.0332. The van der Waals surface area contributed by atoms with Crippen molar-refractivity contribution in [3.63, 3.8) is 0 Å². The molecule has 3 rings (SSSR count). The first-order valence-electron chi connectivity index (χ1n) is 9.08. The van der Waals surface area contributed by atoms with E-state index in [2.05, 4.69) is 0 Å². The molecule has 4 N–H and O–H groups in total. The highest BCUT2D eigenvalue weighted by atomic mass is 32.2. The second-order valence-electron chi connectivity index (χ2n) is 7.04. The van der Waals surface area contributed by atoms with Crippen LogP contribution in [0.25, 0.3) is 0 Å². The molecule has 0 unspecified atom stereocenters. The van der Waals surface area contributed by atoms with Gasteiger partial charge in [-0.3, -0.25) is 4.79 Å². The average molecular weight is 388 g/mol. The van der Waals surface area contributed by atoms with Crippen LogP contribution in [0.4, 0.5) is 11.4 Å². The molecule has 0 heterocycles. The molecule has 0 aliphatic heterocycles. The number of carbonyl (C=O) groups excluding carboxylic acids is 1. The summed E-state index contributed by atoms with van der Waals surface area (Å²) in [5.74, 6) is -0.316. The van der Waals surface area contributed by atoms with Crippen LogP contribution >= 0.6 is 0 Å². The van der Waals surface area contributed by atoms with Crippen LogP contribution in [-0.4, -0.2) is 32.3 Å². The van der Waals surface area contributed by atoms with Crippen LogP contribution in [0.1, 0.15) is 42.5 Å². The van der Waals surface area contributed by atoms with Crippen molar-refractivity contribution in [2.24, 2.45) is 0 Å². The fourth-order valence-electron chi connectivity index (χ4n) is 3.55. The lowest BCUT2D eigenvalue weighted by atomic mass is 9.94. The molecule has 0 saturated heterocycles. The van der Waals surface area contributed by atoms with E-state index in [0.717, 1.165) is 25.7 Å². The SMILES string of the molecule is CN(C(=O)c1cc(N)ccc1S(=O)(=O)c1ccc(N)cc1)C1CCCCC1. The van der Waals surface area contributed by atoms with E-state index in [-0.39, 0.29) is 27.3 Å². The second-order valence-corrected chi connectivity index (χ2v) is 8.95. The Morgan fingerprint density at radius 3 is 2.19 bits per heavy atom. The van der Waals surface area contributed by atoms with Gasteiger partial charge < -0.3 is 16.4 Å². The van der Waals surface area contributed by atoms with Gasteiger partial charge in [-0.2, -0.15) is 0 Å². The number of nitrogen functional groups attached to an aromatic ring is 2. The second kappa shape index (κ2) is 7.60. The van der Waals surface area contributed by atoms with Crippen molar-refractivity contribution in [3.8, 4) is 0 Å². The number of nitrogens with two attached hydrogens (primary N) is 2. The lowest BCUT2D eigenvalue weighted by molar-refractivity contribution is 0.0692. The van der Waals surface area contributed by atoms with Crippen molar-refractivity contribution in [1.29, 1.82) is 0 Å². The smallest absolute Gasteiger partial charge is 0.255 e. The summed E-state index contributed by atoms with van der Waals surface area (Å²) in [4.78, 5) is 14.9. The average Bonchev–Trinajstić information content (AvgIpc) is 2.67. The molecule has 7 heteroatoms. The van der Waals surface area contributed by atoms with Crippen molar-refractivity contribution < 1.29 is 13.2 Å². The van der Waals surface area contributed by atoms with Gasteiger partial charge in [-0.1, -0.05) is 19.3 Å². The predicted octanol–water partition coefficient (Wildman–Crippen LogP) is 3.09. The van der Waals surface area contributed by atoms with E-state index < -0.39 is 9.84 Å². The van der Waals surface area contributed by atoms with Gasteiger partial charge >= 0.3 is 0 Å². The number of rotatable bonds is 4. The molecule has 0 atom stereocenters. The summed E-state index contributed by atoms with van der Waals surface area (Å²) in [6.07, 6.45) is 5.20. The minimum atomic E-state index is -3.87. The Morgan fingerprint density at radius 1 is 0.963 bits per heavy atom. The molecular weight excluding hydrogens is 362 g/mol. The fraction of sp³-hybridized carbons (Fsp3) is 0.350. The molecule has 2 aromatic carbocycles. The van der Waals surface area contributed by atoms with E-state index in [9.17, 15) is 13.2 Å². The van der Waals surface area contributed by atoms with E-state index in [1.807, 2.05) is 0 Å². The highest BCUT2D eigenvalue weighted by Gasteiger charge is 2.29. The van der Waals surface area contributed by atoms with Gasteiger partial charge in [0.2, 0.25) is 9.84 Å². The van der Waals surface area contributed by atoms with Crippen LogP contribution < -0.4 is 11.5 Å². The third-order valence-corrected chi connectivity index (χ3v) is 6.98. The molecule has 0 aromatic heterocycles. The van der Waals surface area contributed by atoms with E-state index >= 15 is 0 Å². The quantitative estimate of drug-likeness (QED) is 0.784. The summed E-state index contributed by atoms with van der Waals surface area (Å²) in [6, 6.07) is 10.4. The van der Waals surface area contributed by atoms with E-state index in [0.29, 0.717) is 11.4 Å². The normalized spacial score (nSPS) is 15.4. The molecule has 0 bridgehead atoms. The van der Waals surface area contributed by atoms with Gasteiger partial charge in [0, 0.05) is 24.5 Å². The van der Waals surface area contributed by atoms with Crippen LogP contribution in [0.15, 0.2) is 52.3 Å². The summed E-state index contributed by atoms with van der Waals surface area (Å²) in [5, 5.41) is 0. The zero-order valence-electron chi connectivity index (χ0n) is 15.4. The molecular formula is C20H25N3O3S. The van der Waals surface area contributed by atoms with Crippen molar-refractivity contribution in [1.82, 2.24) is 4.90 Å². The Labute approximate surface area is 160 Å². The number of hydrogen-bond acceptors (Lipinski definition) is 5. The van der Waals surface area contributed by atoms with Crippen molar-refractivity contribution in [3.05, 3.63) is 48.0 Å². The van der Waals surface area contributed by atoms with Gasteiger partial charge in [0.1, 0.15) is 0 Å². The molecule has 1 fully saturated rings. The standard InChI is InChI=1S/C20H25N3O3S/c1-23(16-5-3-2-4-6-16)20(24)18-13-15(22)9-12-19(18)27(25,26)17-10-7-14(21)8-11-17/h7-13,16H,2-6,21-22H2,1H3. The van der Waals surface area contributed by atoms with Gasteiger partial charge in [0.05, 0.1) is 15.4 Å². The van der Waals surface area contributed by atoms with E-state index in [1.165, 1.54) is 48.9 Å². The maximum Gasteiger partial charge on any atom is 0.255 e. The summed E-state index contributed by atoms with van der Waals surface area (Å²) < 4.78 is 26.3. The Hall–Kier alpha value is -2.54. The van der Waals surface area contributed by atoms with Gasteiger partial charge in [0.15, 0.2) is 0 Å². The van der Waals surface area contributed by atoms with Gasteiger partial charge in [-0.15, -0.1) is 0 Å². The van der Waals surface area contributed by atoms with Crippen molar-refractivity contribution >= 4 is 27.1 Å². The van der Waals surface area contributed by atoms with Crippen LogP contribution in [0.2, 0.25) is 0 Å². The zero-order chi connectivity index (χ0) is 19.6. The zero-order valence-corrected chi connectivity index (χ0v) is 16.2. The summed E-state index contributed by atoms with van der Waals surface area (Å²) in [6.45, 7) is 0. The number of sulfone groups is 1. The Balaban J connectivity index is 2.02. The monoisotopic (exact) mass is 387 g/mol. The fourth-order valence-corrected chi connectivity index (χ4v) is 4.98. The summed E-state index contributed by atoms with van der Waals surface area (Å²) in [5.41, 5.74) is 12.5. The van der Waals surface area contributed by atoms with Crippen LogP contribution in [-0.2, 0) is 9.84 Å². The number of hydrogen-bond donors (Lipinski definition) is 2. The number of amides is 1. The molecule has 1 amide bonds.